The minimum absolute atomic E-state index is 0.0731. The molecule has 1 aliphatic rings. The fraction of sp³-hybridized carbons (Fsp3) is 0.0714. The lowest BCUT2D eigenvalue weighted by Gasteiger charge is -2.20. The van der Waals surface area contributed by atoms with E-state index in [2.05, 4.69) is 4.99 Å². The summed E-state index contributed by atoms with van der Waals surface area (Å²) in [6.07, 6.45) is 1.77. The van der Waals surface area contributed by atoms with Crippen LogP contribution >= 0.6 is 0 Å². The van der Waals surface area contributed by atoms with E-state index in [4.69, 9.17) is 4.74 Å². The Hall–Kier alpha value is -2.09. The maximum absolute atomic E-state index is 5.87. The molecule has 0 bridgehead atoms. The third-order valence-electron chi connectivity index (χ3n) is 2.60. The second-order valence-electron chi connectivity index (χ2n) is 3.70. The minimum atomic E-state index is -0.0731. The van der Waals surface area contributed by atoms with Gasteiger partial charge in [-0.05, 0) is 17.7 Å². The van der Waals surface area contributed by atoms with Crippen molar-refractivity contribution >= 4 is 11.9 Å². The average Bonchev–Trinajstić information content (AvgIpc) is 2.39. The van der Waals surface area contributed by atoms with Crippen molar-refractivity contribution in [3.05, 3.63) is 60.2 Å². The van der Waals surface area contributed by atoms with Gasteiger partial charge in [0.1, 0.15) is 11.4 Å². The van der Waals surface area contributed by atoms with E-state index in [1.807, 2.05) is 60.8 Å². The molecule has 0 amide bonds. The molecule has 2 nitrogen and oxygen atoms in total. The molecular weight excluding hydrogens is 198 g/mol. The monoisotopic (exact) mass is 209 g/mol. The SMILES string of the molecule is C1=Nc2ccccc2OC1c1ccccc1. The molecule has 0 saturated heterocycles. The van der Waals surface area contributed by atoms with Gasteiger partial charge in [-0.15, -0.1) is 0 Å². The molecule has 0 aromatic heterocycles. The van der Waals surface area contributed by atoms with Gasteiger partial charge in [0.15, 0.2) is 6.10 Å². The normalized spacial score (nSPS) is 17.6. The molecule has 1 atom stereocenters. The molecule has 16 heavy (non-hydrogen) atoms. The lowest BCUT2D eigenvalue weighted by molar-refractivity contribution is 0.275. The molecule has 1 heterocycles. The van der Waals surface area contributed by atoms with Crippen molar-refractivity contribution in [1.29, 1.82) is 0 Å². The van der Waals surface area contributed by atoms with Gasteiger partial charge in [0, 0.05) is 0 Å². The van der Waals surface area contributed by atoms with E-state index in [1.165, 1.54) is 0 Å². The third-order valence-corrected chi connectivity index (χ3v) is 2.60. The van der Waals surface area contributed by atoms with Crippen LogP contribution < -0.4 is 4.74 Å². The van der Waals surface area contributed by atoms with E-state index in [-0.39, 0.29) is 6.10 Å². The Morgan fingerprint density at radius 1 is 0.875 bits per heavy atom. The van der Waals surface area contributed by atoms with E-state index >= 15 is 0 Å². The highest BCUT2D eigenvalue weighted by molar-refractivity contribution is 5.75. The summed E-state index contributed by atoms with van der Waals surface area (Å²) in [5.74, 6) is 0.846. The smallest absolute Gasteiger partial charge is 0.159 e. The summed E-state index contributed by atoms with van der Waals surface area (Å²) >= 11 is 0. The van der Waals surface area contributed by atoms with Crippen molar-refractivity contribution in [2.24, 2.45) is 4.99 Å². The first-order chi connectivity index (χ1) is 7.93. The highest BCUT2D eigenvalue weighted by Gasteiger charge is 2.16. The molecule has 78 valence electrons. The van der Waals surface area contributed by atoms with Crippen LogP contribution in [-0.2, 0) is 0 Å². The number of hydrogen-bond acceptors (Lipinski definition) is 2. The van der Waals surface area contributed by atoms with Gasteiger partial charge in [-0.1, -0.05) is 42.5 Å². The van der Waals surface area contributed by atoms with Crippen LogP contribution in [0.25, 0.3) is 0 Å². The maximum atomic E-state index is 5.87. The first-order valence-corrected chi connectivity index (χ1v) is 5.28. The molecule has 2 aromatic rings. The minimum Gasteiger partial charge on any atom is -0.478 e. The van der Waals surface area contributed by atoms with E-state index in [0.29, 0.717) is 0 Å². The van der Waals surface area contributed by atoms with Crippen LogP contribution in [0.2, 0.25) is 0 Å². The number of ether oxygens (including phenoxy) is 1. The van der Waals surface area contributed by atoms with E-state index in [0.717, 1.165) is 17.0 Å². The van der Waals surface area contributed by atoms with Gasteiger partial charge in [-0.25, -0.2) is 0 Å². The molecule has 0 fully saturated rings. The Balaban J connectivity index is 1.95. The molecular formula is C14H11NO. The third kappa shape index (κ3) is 1.58. The van der Waals surface area contributed by atoms with Crippen molar-refractivity contribution in [2.45, 2.75) is 6.10 Å². The van der Waals surface area contributed by atoms with Gasteiger partial charge in [-0.3, -0.25) is 4.99 Å². The Labute approximate surface area is 94.2 Å². The standard InChI is InChI=1S/C14H11NO/c1-2-6-11(7-3-1)14-10-15-12-8-4-5-9-13(12)16-14/h1-10,14H. The van der Waals surface area contributed by atoms with Gasteiger partial charge in [0.25, 0.3) is 0 Å². The van der Waals surface area contributed by atoms with Gasteiger partial charge >= 0.3 is 0 Å². The van der Waals surface area contributed by atoms with Crippen molar-refractivity contribution in [3.8, 4) is 5.75 Å². The summed E-state index contributed by atoms with van der Waals surface area (Å²) in [5.41, 5.74) is 2.02. The van der Waals surface area contributed by atoms with E-state index in [1.54, 1.807) is 0 Å². The van der Waals surface area contributed by atoms with Gasteiger partial charge in [-0.2, -0.15) is 0 Å². The highest BCUT2D eigenvalue weighted by atomic mass is 16.5. The predicted molar refractivity (Wildman–Crippen MR) is 64.4 cm³/mol. The van der Waals surface area contributed by atoms with Crippen molar-refractivity contribution in [3.63, 3.8) is 0 Å². The number of nitrogens with zero attached hydrogens (tertiary/aromatic N) is 1. The van der Waals surface area contributed by atoms with Crippen LogP contribution in [0, 0.1) is 0 Å². The molecule has 2 heteroatoms. The topological polar surface area (TPSA) is 21.6 Å². The van der Waals surface area contributed by atoms with Gasteiger partial charge in [0.05, 0.1) is 6.21 Å². The molecule has 1 aliphatic heterocycles. The number of rotatable bonds is 1. The molecule has 0 spiro atoms. The Kier molecular flexibility index (Phi) is 2.18. The van der Waals surface area contributed by atoms with Crippen LogP contribution in [0.1, 0.15) is 11.7 Å². The summed E-state index contributed by atoms with van der Waals surface area (Å²) in [6.45, 7) is 0. The molecule has 0 radical (unpaired) electrons. The van der Waals surface area contributed by atoms with Crippen LogP contribution in [0.5, 0.6) is 5.75 Å². The molecule has 0 N–H and O–H groups in total. The number of benzene rings is 2. The zero-order valence-corrected chi connectivity index (χ0v) is 8.71. The zero-order chi connectivity index (χ0) is 10.8. The lowest BCUT2D eigenvalue weighted by Crippen LogP contribution is -2.11. The number of fused-ring (bicyclic) bond motifs is 1. The van der Waals surface area contributed by atoms with E-state index < -0.39 is 0 Å². The van der Waals surface area contributed by atoms with Crippen LogP contribution in [-0.4, -0.2) is 6.21 Å². The molecule has 0 saturated carbocycles. The lowest BCUT2D eigenvalue weighted by atomic mass is 10.1. The zero-order valence-electron chi connectivity index (χ0n) is 8.71. The van der Waals surface area contributed by atoms with Gasteiger partial charge in [0.2, 0.25) is 0 Å². The molecule has 2 aromatic carbocycles. The molecule has 1 unspecified atom stereocenters. The first kappa shape index (κ1) is 9.16. The summed E-state index contributed by atoms with van der Waals surface area (Å²) in [4.78, 5) is 4.40. The first-order valence-electron chi connectivity index (χ1n) is 5.28. The van der Waals surface area contributed by atoms with Crippen molar-refractivity contribution in [2.75, 3.05) is 0 Å². The van der Waals surface area contributed by atoms with Crippen LogP contribution in [0.15, 0.2) is 59.6 Å². The van der Waals surface area contributed by atoms with Gasteiger partial charge < -0.3 is 4.74 Å². The maximum Gasteiger partial charge on any atom is 0.159 e. The summed E-state index contributed by atoms with van der Waals surface area (Å²) < 4.78 is 5.87. The summed E-state index contributed by atoms with van der Waals surface area (Å²) in [6, 6.07) is 17.9. The predicted octanol–water partition coefficient (Wildman–Crippen LogP) is 3.52. The Morgan fingerprint density at radius 3 is 2.50 bits per heavy atom. The average molecular weight is 209 g/mol. The van der Waals surface area contributed by atoms with E-state index in [9.17, 15) is 0 Å². The van der Waals surface area contributed by atoms with Crippen molar-refractivity contribution < 1.29 is 4.74 Å². The Bertz CT molecular complexity index is 519. The summed E-state index contributed by atoms with van der Waals surface area (Å²) in [5, 5.41) is 0. The number of para-hydroxylation sites is 2. The fourth-order valence-corrected chi connectivity index (χ4v) is 1.78. The molecule has 3 rings (SSSR count). The summed E-state index contributed by atoms with van der Waals surface area (Å²) in [7, 11) is 0. The second-order valence-corrected chi connectivity index (χ2v) is 3.70. The second kappa shape index (κ2) is 3.81. The number of aliphatic imine (C=N–C) groups is 1. The fourth-order valence-electron chi connectivity index (χ4n) is 1.78. The van der Waals surface area contributed by atoms with Crippen molar-refractivity contribution in [1.82, 2.24) is 0 Å². The number of hydrogen-bond donors (Lipinski definition) is 0. The molecule has 0 aliphatic carbocycles. The Morgan fingerprint density at radius 2 is 1.62 bits per heavy atom. The van der Waals surface area contributed by atoms with Crippen LogP contribution in [0.4, 0.5) is 5.69 Å². The van der Waals surface area contributed by atoms with Crippen LogP contribution in [0.3, 0.4) is 0 Å². The largest absolute Gasteiger partial charge is 0.478 e. The highest BCUT2D eigenvalue weighted by Crippen LogP contribution is 2.34. The quantitative estimate of drug-likeness (QED) is 0.704.